The summed E-state index contributed by atoms with van der Waals surface area (Å²) in [7, 11) is 0. The van der Waals surface area contributed by atoms with Gasteiger partial charge >= 0.3 is 0 Å². The van der Waals surface area contributed by atoms with Crippen molar-refractivity contribution in [1.29, 1.82) is 0 Å². The fourth-order valence-electron chi connectivity index (χ4n) is 3.67. The molecule has 0 saturated heterocycles. The minimum atomic E-state index is -0.254. The molecule has 4 rings (SSSR count). The van der Waals surface area contributed by atoms with Crippen LogP contribution in [0.3, 0.4) is 0 Å². The quantitative estimate of drug-likeness (QED) is 0.444. The highest BCUT2D eigenvalue weighted by Gasteiger charge is 2.19. The molecular formula is C26H28N4O3. The molecule has 0 aliphatic rings. The Bertz CT molecular complexity index is 1240. The van der Waals surface area contributed by atoms with Gasteiger partial charge in [0.25, 0.3) is 5.91 Å². The first-order chi connectivity index (χ1) is 15.8. The van der Waals surface area contributed by atoms with Crippen LogP contribution in [-0.4, -0.2) is 39.2 Å². The standard InChI is InChI=1S/C26H28N4O3/c1-26(2,3)19-8-4-5-9-20(19)27-25(32)17-33-24-13-12-18(14-15-31)16-23(24)30-28-21-10-6-7-11-22(21)29-30/h4-13,16,31H,14-15,17H2,1-3H3,(H,27,32). The normalized spacial score (nSPS) is 11.5. The average Bonchev–Trinajstić information content (AvgIpc) is 3.22. The van der Waals surface area contributed by atoms with Crippen LogP contribution >= 0.6 is 0 Å². The Kier molecular flexibility index (Phi) is 6.42. The summed E-state index contributed by atoms with van der Waals surface area (Å²) >= 11 is 0. The van der Waals surface area contributed by atoms with E-state index in [0.29, 0.717) is 17.9 Å². The van der Waals surface area contributed by atoms with E-state index in [2.05, 4.69) is 36.3 Å². The number of aliphatic hydroxyl groups excluding tert-OH is 1. The number of para-hydroxylation sites is 1. The molecular weight excluding hydrogens is 416 g/mol. The second-order valence-corrected chi connectivity index (χ2v) is 8.89. The van der Waals surface area contributed by atoms with Crippen molar-refractivity contribution in [1.82, 2.24) is 15.0 Å². The molecule has 7 heteroatoms. The van der Waals surface area contributed by atoms with Crippen molar-refractivity contribution < 1.29 is 14.6 Å². The first-order valence-electron chi connectivity index (χ1n) is 10.9. The summed E-state index contributed by atoms with van der Waals surface area (Å²) in [6.07, 6.45) is 0.498. The van der Waals surface area contributed by atoms with Crippen molar-refractivity contribution in [2.45, 2.75) is 32.6 Å². The van der Waals surface area contributed by atoms with Crippen LogP contribution in [0.15, 0.2) is 66.7 Å². The molecule has 170 valence electrons. The average molecular weight is 445 g/mol. The molecule has 4 aromatic rings. The van der Waals surface area contributed by atoms with Crippen molar-refractivity contribution in [3.63, 3.8) is 0 Å². The van der Waals surface area contributed by atoms with Crippen LogP contribution < -0.4 is 10.1 Å². The van der Waals surface area contributed by atoms with E-state index in [4.69, 9.17) is 4.74 Å². The molecule has 0 radical (unpaired) electrons. The Balaban J connectivity index is 1.56. The van der Waals surface area contributed by atoms with Gasteiger partial charge in [0.05, 0.1) is 0 Å². The number of benzene rings is 3. The fourth-order valence-corrected chi connectivity index (χ4v) is 3.67. The number of anilines is 1. The van der Waals surface area contributed by atoms with Crippen LogP contribution in [-0.2, 0) is 16.6 Å². The van der Waals surface area contributed by atoms with Gasteiger partial charge in [-0.05, 0) is 53.3 Å². The number of carbonyl (C=O) groups is 1. The number of nitrogens with one attached hydrogen (secondary N) is 1. The number of nitrogens with zero attached hydrogens (tertiary/aromatic N) is 3. The highest BCUT2D eigenvalue weighted by atomic mass is 16.5. The summed E-state index contributed by atoms with van der Waals surface area (Å²) in [5, 5.41) is 21.4. The summed E-state index contributed by atoms with van der Waals surface area (Å²) in [5.74, 6) is 0.229. The van der Waals surface area contributed by atoms with E-state index in [1.165, 1.54) is 4.80 Å². The van der Waals surface area contributed by atoms with E-state index in [-0.39, 0.29) is 24.5 Å². The third-order valence-corrected chi connectivity index (χ3v) is 5.29. The molecule has 0 unspecified atom stereocenters. The fraction of sp³-hybridized carbons (Fsp3) is 0.269. The molecule has 0 aliphatic heterocycles. The smallest absolute Gasteiger partial charge is 0.262 e. The Morgan fingerprint density at radius 1 is 1.00 bits per heavy atom. The monoisotopic (exact) mass is 444 g/mol. The summed E-state index contributed by atoms with van der Waals surface area (Å²) in [6, 6.07) is 20.9. The van der Waals surface area contributed by atoms with Gasteiger partial charge in [0, 0.05) is 12.3 Å². The number of rotatable bonds is 7. The van der Waals surface area contributed by atoms with E-state index in [9.17, 15) is 9.90 Å². The topological polar surface area (TPSA) is 89.3 Å². The minimum Gasteiger partial charge on any atom is -0.481 e. The molecule has 0 saturated carbocycles. The first kappa shape index (κ1) is 22.5. The molecule has 2 N–H and O–H groups in total. The molecule has 0 bridgehead atoms. The molecule has 1 aromatic heterocycles. The Morgan fingerprint density at radius 2 is 1.67 bits per heavy atom. The van der Waals surface area contributed by atoms with Crippen molar-refractivity contribution in [3.05, 3.63) is 77.9 Å². The number of aromatic nitrogens is 3. The molecule has 0 aliphatic carbocycles. The van der Waals surface area contributed by atoms with Crippen LogP contribution in [0.2, 0.25) is 0 Å². The van der Waals surface area contributed by atoms with Gasteiger partial charge in [-0.15, -0.1) is 15.0 Å². The number of hydrogen-bond donors (Lipinski definition) is 2. The van der Waals surface area contributed by atoms with E-state index >= 15 is 0 Å². The predicted octanol–water partition coefficient (Wildman–Crippen LogP) is 4.27. The maximum atomic E-state index is 12.7. The lowest BCUT2D eigenvalue weighted by Gasteiger charge is -2.23. The van der Waals surface area contributed by atoms with Gasteiger partial charge in [-0.25, -0.2) is 0 Å². The van der Waals surface area contributed by atoms with E-state index in [1.54, 1.807) is 6.07 Å². The van der Waals surface area contributed by atoms with Crippen molar-refractivity contribution in [3.8, 4) is 11.4 Å². The molecule has 3 aromatic carbocycles. The van der Waals surface area contributed by atoms with Crippen LogP contribution in [0, 0.1) is 0 Å². The van der Waals surface area contributed by atoms with Crippen LogP contribution in [0.4, 0.5) is 5.69 Å². The lowest BCUT2D eigenvalue weighted by Crippen LogP contribution is -2.23. The summed E-state index contributed by atoms with van der Waals surface area (Å²) in [6.45, 7) is 6.19. The van der Waals surface area contributed by atoms with Crippen LogP contribution in [0.1, 0.15) is 31.9 Å². The maximum absolute atomic E-state index is 12.7. The van der Waals surface area contributed by atoms with E-state index in [1.807, 2.05) is 60.7 Å². The number of aliphatic hydroxyl groups is 1. The van der Waals surface area contributed by atoms with Crippen LogP contribution in [0.5, 0.6) is 5.75 Å². The van der Waals surface area contributed by atoms with Gasteiger partial charge < -0.3 is 15.2 Å². The third kappa shape index (κ3) is 5.21. The number of amides is 1. The molecule has 1 heterocycles. The minimum absolute atomic E-state index is 0.0315. The molecule has 0 atom stereocenters. The SMILES string of the molecule is CC(C)(C)c1ccccc1NC(=O)COc1ccc(CCO)cc1-n1nc2ccccc2n1. The Labute approximate surface area is 193 Å². The van der Waals surface area contributed by atoms with Crippen molar-refractivity contribution >= 4 is 22.6 Å². The summed E-state index contributed by atoms with van der Waals surface area (Å²) < 4.78 is 5.90. The number of ether oxygens (including phenoxy) is 1. The Hall–Kier alpha value is -3.71. The number of hydrogen-bond acceptors (Lipinski definition) is 5. The van der Waals surface area contributed by atoms with E-state index < -0.39 is 0 Å². The van der Waals surface area contributed by atoms with Crippen LogP contribution in [0.25, 0.3) is 16.7 Å². The maximum Gasteiger partial charge on any atom is 0.262 e. The van der Waals surface area contributed by atoms with Gasteiger partial charge in [0.15, 0.2) is 6.61 Å². The number of fused-ring (bicyclic) bond motifs is 1. The van der Waals surface area contributed by atoms with E-state index in [0.717, 1.165) is 27.8 Å². The summed E-state index contributed by atoms with van der Waals surface area (Å²) in [4.78, 5) is 14.2. The zero-order valence-electron chi connectivity index (χ0n) is 19.1. The molecule has 1 amide bonds. The van der Waals surface area contributed by atoms with Crippen molar-refractivity contribution in [2.24, 2.45) is 0 Å². The molecule has 0 fully saturated rings. The molecule has 7 nitrogen and oxygen atoms in total. The van der Waals surface area contributed by atoms with Gasteiger partial charge in [-0.3, -0.25) is 4.79 Å². The summed E-state index contributed by atoms with van der Waals surface area (Å²) in [5.41, 5.74) is 4.77. The third-order valence-electron chi connectivity index (χ3n) is 5.29. The van der Waals surface area contributed by atoms with Gasteiger partial charge in [-0.1, -0.05) is 57.2 Å². The van der Waals surface area contributed by atoms with Gasteiger partial charge in [0.2, 0.25) is 0 Å². The first-order valence-corrected chi connectivity index (χ1v) is 10.9. The Morgan fingerprint density at radius 3 is 2.33 bits per heavy atom. The largest absolute Gasteiger partial charge is 0.481 e. The molecule has 0 spiro atoms. The predicted molar refractivity (Wildman–Crippen MR) is 129 cm³/mol. The van der Waals surface area contributed by atoms with Gasteiger partial charge in [-0.2, -0.15) is 0 Å². The number of carbonyl (C=O) groups excluding carboxylic acids is 1. The highest BCUT2D eigenvalue weighted by Crippen LogP contribution is 2.29. The second kappa shape index (κ2) is 9.42. The lowest BCUT2D eigenvalue weighted by atomic mass is 9.86. The zero-order chi connectivity index (χ0) is 23.4. The van der Waals surface area contributed by atoms with Crippen molar-refractivity contribution in [2.75, 3.05) is 18.5 Å². The second-order valence-electron chi connectivity index (χ2n) is 8.89. The van der Waals surface area contributed by atoms with Gasteiger partial charge in [0.1, 0.15) is 22.5 Å². The molecule has 33 heavy (non-hydrogen) atoms. The lowest BCUT2D eigenvalue weighted by molar-refractivity contribution is -0.118. The zero-order valence-corrected chi connectivity index (χ0v) is 19.1. The highest BCUT2D eigenvalue weighted by molar-refractivity contribution is 5.93.